The molecular formula is C21H20N2O3. The monoisotopic (exact) mass is 348 g/mol. The van der Waals surface area contributed by atoms with Crippen molar-refractivity contribution in [3.8, 4) is 0 Å². The van der Waals surface area contributed by atoms with Gasteiger partial charge in [0, 0.05) is 18.1 Å². The van der Waals surface area contributed by atoms with E-state index in [9.17, 15) is 9.59 Å². The van der Waals surface area contributed by atoms with Gasteiger partial charge in [0.1, 0.15) is 0 Å². The quantitative estimate of drug-likeness (QED) is 0.666. The van der Waals surface area contributed by atoms with Crippen LogP contribution in [0.25, 0.3) is 0 Å². The Morgan fingerprint density at radius 1 is 1.04 bits per heavy atom. The molecule has 132 valence electrons. The van der Waals surface area contributed by atoms with E-state index in [-0.39, 0.29) is 5.91 Å². The van der Waals surface area contributed by atoms with Gasteiger partial charge in [-0.1, -0.05) is 48.5 Å². The van der Waals surface area contributed by atoms with Crippen LogP contribution in [0.15, 0.2) is 73.1 Å². The number of hydrogen-bond donors (Lipinski definition) is 2. The SMILES string of the molecule is CC(OC(=O)c1cc[nH]c1)C(=O)Nc1ccccc1Cc1ccccc1. The molecule has 1 heterocycles. The van der Waals surface area contributed by atoms with Gasteiger partial charge < -0.3 is 15.0 Å². The molecule has 2 aromatic carbocycles. The molecular weight excluding hydrogens is 328 g/mol. The summed E-state index contributed by atoms with van der Waals surface area (Å²) in [7, 11) is 0. The molecule has 0 radical (unpaired) electrons. The van der Waals surface area contributed by atoms with E-state index in [1.807, 2.05) is 54.6 Å². The summed E-state index contributed by atoms with van der Waals surface area (Å²) in [5, 5.41) is 2.86. The van der Waals surface area contributed by atoms with Gasteiger partial charge in [-0.05, 0) is 36.6 Å². The molecule has 0 saturated heterocycles. The second kappa shape index (κ2) is 8.16. The zero-order valence-electron chi connectivity index (χ0n) is 14.4. The smallest absolute Gasteiger partial charge is 0.340 e. The summed E-state index contributed by atoms with van der Waals surface area (Å²) in [4.78, 5) is 27.2. The van der Waals surface area contributed by atoms with Gasteiger partial charge in [0.15, 0.2) is 6.10 Å². The lowest BCUT2D eigenvalue weighted by molar-refractivity contribution is -0.123. The van der Waals surface area contributed by atoms with Crippen LogP contribution in [-0.2, 0) is 16.0 Å². The van der Waals surface area contributed by atoms with Crippen molar-refractivity contribution in [2.75, 3.05) is 5.32 Å². The standard InChI is InChI=1S/C21H20N2O3/c1-15(26-21(25)18-11-12-22-14-18)20(24)23-19-10-6-5-9-17(19)13-16-7-3-2-4-8-16/h2-12,14-15,22H,13H2,1H3,(H,23,24). The number of esters is 1. The fraction of sp³-hybridized carbons (Fsp3) is 0.143. The second-order valence-corrected chi connectivity index (χ2v) is 5.96. The predicted octanol–water partition coefficient (Wildman–Crippen LogP) is 3.79. The zero-order valence-corrected chi connectivity index (χ0v) is 14.4. The Labute approximate surface area is 152 Å². The predicted molar refractivity (Wildman–Crippen MR) is 100.0 cm³/mol. The maximum absolute atomic E-state index is 12.4. The number of H-pyrrole nitrogens is 1. The molecule has 0 aliphatic carbocycles. The highest BCUT2D eigenvalue weighted by molar-refractivity contribution is 5.97. The van der Waals surface area contributed by atoms with Crippen molar-refractivity contribution < 1.29 is 14.3 Å². The van der Waals surface area contributed by atoms with Gasteiger partial charge in [-0.25, -0.2) is 4.79 Å². The van der Waals surface area contributed by atoms with E-state index in [0.717, 1.165) is 11.1 Å². The third-order valence-corrected chi connectivity index (χ3v) is 4.00. The largest absolute Gasteiger partial charge is 0.449 e. The van der Waals surface area contributed by atoms with E-state index in [1.54, 1.807) is 19.2 Å². The van der Waals surface area contributed by atoms with Crippen molar-refractivity contribution in [1.82, 2.24) is 4.98 Å². The first-order valence-electron chi connectivity index (χ1n) is 8.40. The number of carbonyl (C=O) groups excluding carboxylic acids is 2. The van der Waals surface area contributed by atoms with E-state index in [0.29, 0.717) is 17.7 Å². The van der Waals surface area contributed by atoms with E-state index in [2.05, 4.69) is 10.3 Å². The Bertz CT molecular complexity index is 873. The van der Waals surface area contributed by atoms with Gasteiger partial charge in [-0.15, -0.1) is 0 Å². The minimum absolute atomic E-state index is 0.366. The molecule has 3 rings (SSSR count). The minimum Gasteiger partial charge on any atom is -0.449 e. The summed E-state index contributed by atoms with van der Waals surface area (Å²) in [5.41, 5.74) is 3.25. The molecule has 1 aromatic heterocycles. The number of ether oxygens (including phenoxy) is 1. The lowest BCUT2D eigenvalue weighted by Gasteiger charge is -2.15. The van der Waals surface area contributed by atoms with Crippen LogP contribution in [-0.4, -0.2) is 23.0 Å². The third-order valence-electron chi connectivity index (χ3n) is 4.00. The van der Waals surface area contributed by atoms with E-state index < -0.39 is 12.1 Å². The molecule has 0 aliphatic heterocycles. The maximum atomic E-state index is 12.4. The van der Waals surface area contributed by atoms with Crippen molar-refractivity contribution in [3.05, 3.63) is 89.7 Å². The molecule has 3 aromatic rings. The topological polar surface area (TPSA) is 71.2 Å². The van der Waals surface area contributed by atoms with Crippen LogP contribution in [0.3, 0.4) is 0 Å². The molecule has 5 nitrogen and oxygen atoms in total. The van der Waals surface area contributed by atoms with Crippen LogP contribution in [0.2, 0.25) is 0 Å². The first-order valence-corrected chi connectivity index (χ1v) is 8.40. The summed E-state index contributed by atoms with van der Waals surface area (Å²) < 4.78 is 5.22. The number of amides is 1. The van der Waals surface area contributed by atoms with Gasteiger partial charge in [-0.3, -0.25) is 4.79 Å². The van der Waals surface area contributed by atoms with Crippen LogP contribution < -0.4 is 5.32 Å². The molecule has 26 heavy (non-hydrogen) atoms. The number of anilines is 1. The zero-order chi connectivity index (χ0) is 18.4. The number of carbonyl (C=O) groups is 2. The highest BCUT2D eigenvalue weighted by Gasteiger charge is 2.20. The number of benzene rings is 2. The molecule has 1 amide bonds. The second-order valence-electron chi connectivity index (χ2n) is 5.96. The third kappa shape index (κ3) is 4.39. The maximum Gasteiger partial charge on any atom is 0.340 e. The molecule has 2 N–H and O–H groups in total. The Kier molecular flexibility index (Phi) is 5.49. The highest BCUT2D eigenvalue weighted by atomic mass is 16.5. The molecule has 0 bridgehead atoms. The molecule has 0 saturated carbocycles. The van der Waals surface area contributed by atoms with Gasteiger partial charge in [-0.2, -0.15) is 0 Å². The van der Waals surface area contributed by atoms with Gasteiger partial charge in [0.2, 0.25) is 0 Å². The fourth-order valence-electron chi connectivity index (χ4n) is 2.58. The minimum atomic E-state index is -0.901. The lowest BCUT2D eigenvalue weighted by Crippen LogP contribution is -2.30. The van der Waals surface area contributed by atoms with E-state index >= 15 is 0 Å². The van der Waals surface area contributed by atoms with Crippen LogP contribution in [0.1, 0.15) is 28.4 Å². The summed E-state index contributed by atoms with van der Waals surface area (Å²) in [6.45, 7) is 1.56. The number of rotatable bonds is 6. The molecule has 0 spiro atoms. The fourth-order valence-corrected chi connectivity index (χ4v) is 2.58. The van der Waals surface area contributed by atoms with Gasteiger partial charge in [0.05, 0.1) is 5.56 Å². The van der Waals surface area contributed by atoms with E-state index in [4.69, 9.17) is 4.74 Å². The summed E-state index contributed by atoms with van der Waals surface area (Å²) in [6, 6.07) is 19.2. The number of para-hydroxylation sites is 1. The Balaban J connectivity index is 1.66. The van der Waals surface area contributed by atoms with Crippen molar-refractivity contribution >= 4 is 17.6 Å². The number of aromatic amines is 1. The molecule has 0 aliphatic rings. The van der Waals surface area contributed by atoms with Crippen molar-refractivity contribution in [3.63, 3.8) is 0 Å². The summed E-state index contributed by atoms with van der Waals surface area (Å²) in [6.07, 6.45) is 2.96. The molecule has 1 atom stereocenters. The van der Waals surface area contributed by atoms with Gasteiger partial charge >= 0.3 is 5.97 Å². The van der Waals surface area contributed by atoms with E-state index in [1.165, 1.54) is 6.20 Å². The number of hydrogen-bond acceptors (Lipinski definition) is 3. The Morgan fingerprint density at radius 3 is 2.50 bits per heavy atom. The van der Waals surface area contributed by atoms with Crippen molar-refractivity contribution in [1.29, 1.82) is 0 Å². The van der Waals surface area contributed by atoms with Crippen LogP contribution in [0.4, 0.5) is 5.69 Å². The highest BCUT2D eigenvalue weighted by Crippen LogP contribution is 2.19. The lowest BCUT2D eigenvalue weighted by atomic mass is 10.0. The average molecular weight is 348 g/mol. The van der Waals surface area contributed by atoms with Crippen LogP contribution in [0, 0.1) is 0 Å². The first-order chi connectivity index (χ1) is 12.6. The first kappa shape index (κ1) is 17.5. The summed E-state index contributed by atoms with van der Waals surface area (Å²) >= 11 is 0. The van der Waals surface area contributed by atoms with Gasteiger partial charge in [0.25, 0.3) is 5.91 Å². The molecule has 1 unspecified atom stereocenters. The van der Waals surface area contributed by atoms with Crippen molar-refractivity contribution in [2.24, 2.45) is 0 Å². The molecule has 0 fully saturated rings. The van der Waals surface area contributed by atoms with Crippen LogP contribution in [0.5, 0.6) is 0 Å². The van der Waals surface area contributed by atoms with Crippen molar-refractivity contribution in [2.45, 2.75) is 19.4 Å². The Morgan fingerprint density at radius 2 is 1.77 bits per heavy atom. The molecule has 5 heteroatoms. The Hall–Kier alpha value is -3.34. The number of aromatic nitrogens is 1. The summed E-state index contributed by atoms with van der Waals surface area (Å²) in [5.74, 6) is -0.902. The average Bonchev–Trinajstić information content (AvgIpc) is 3.19. The van der Waals surface area contributed by atoms with Crippen LogP contribution >= 0.6 is 0 Å². The normalized spacial score (nSPS) is 11.6. The number of nitrogens with one attached hydrogen (secondary N) is 2.